The topological polar surface area (TPSA) is 50.3 Å². The zero-order valence-corrected chi connectivity index (χ0v) is 11.7. The summed E-state index contributed by atoms with van der Waals surface area (Å²) in [5.41, 5.74) is 0. The molecule has 1 aromatic rings. The van der Waals surface area contributed by atoms with Crippen molar-refractivity contribution in [3.63, 3.8) is 0 Å². The van der Waals surface area contributed by atoms with Crippen LogP contribution in [0.4, 0.5) is 5.82 Å². The van der Waals surface area contributed by atoms with Gasteiger partial charge in [-0.2, -0.15) is 0 Å². The Kier molecular flexibility index (Phi) is 3.55. The van der Waals surface area contributed by atoms with Crippen molar-refractivity contribution in [3.8, 4) is 5.88 Å². The van der Waals surface area contributed by atoms with Gasteiger partial charge in [0.15, 0.2) is 0 Å². The minimum absolute atomic E-state index is 0.586. The van der Waals surface area contributed by atoms with Gasteiger partial charge in [0.1, 0.15) is 12.1 Å². The molecule has 1 aromatic heterocycles. The van der Waals surface area contributed by atoms with E-state index < -0.39 is 0 Å². The van der Waals surface area contributed by atoms with E-state index in [1.165, 1.54) is 25.7 Å². The van der Waals surface area contributed by atoms with Crippen molar-refractivity contribution < 1.29 is 4.74 Å². The first-order valence-corrected chi connectivity index (χ1v) is 7.19. The van der Waals surface area contributed by atoms with Gasteiger partial charge in [-0.3, -0.25) is 0 Å². The number of hydrogen-bond acceptors (Lipinski definition) is 5. The molecule has 2 unspecified atom stereocenters. The predicted molar refractivity (Wildman–Crippen MR) is 74.6 cm³/mol. The van der Waals surface area contributed by atoms with Crippen molar-refractivity contribution in [2.75, 3.05) is 18.6 Å². The van der Waals surface area contributed by atoms with Crippen molar-refractivity contribution in [1.82, 2.24) is 15.3 Å². The molecule has 0 amide bonds. The number of ether oxygens (including phenoxy) is 1. The lowest BCUT2D eigenvalue weighted by molar-refractivity contribution is 0.347. The summed E-state index contributed by atoms with van der Waals surface area (Å²) < 4.78 is 5.20. The average Bonchev–Trinajstić information content (AvgIpc) is 2.79. The largest absolute Gasteiger partial charge is 0.481 e. The maximum atomic E-state index is 5.20. The molecule has 2 aliphatic rings. The van der Waals surface area contributed by atoms with Crippen LogP contribution in [0.2, 0.25) is 0 Å². The third-order valence-electron chi connectivity index (χ3n) is 4.36. The van der Waals surface area contributed by atoms with E-state index in [4.69, 9.17) is 4.74 Å². The van der Waals surface area contributed by atoms with E-state index in [-0.39, 0.29) is 0 Å². The highest BCUT2D eigenvalue weighted by Crippen LogP contribution is 2.31. The first-order chi connectivity index (χ1) is 9.30. The minimum atomic E-state index is 0.586. The fourth-order valence-corrected chi connectivity index (χ4v) is 3.49. The lowest BCUT2D eigenvalue weighted by atomic mass is 9.98. The molecular weight excluding hydrogens is 240 g/mol. The van der Waals surface area contributed by atoms with Crippen LogP contribution >= 0.6 is 0 Å². The SMILES string of the molecule is CCN(c1cc(OC)ncn1)C1CC2CCC(C1)N2. The predicted octanol–water partition coefficient (Wildman–Crippen LogP) is 1.59. The van der Waals surface area contributed by atoms with Crippen LogP contribution in [0.15, 0.2) is 12.4 Å². The van der Waals surface area contributed by atoms with E-state index in [2.05, 4.69) is 27.1 Å². The van der Waals surface area contributed by atoms with Crippen molar-refractivity contribution in [1.29, 1.82) is 0 Å². The highest BCUT2D eigenvalue weighted by Gasteiger charge is 2.36. The van der Waals surface area contributed by atoms with E-state index >= 15 is 0 Å². The number of rotatable bonds is 4. The second-order valence-electron chi connectivity index (χ2n) is 5.47. The number of nitrogens with one attached hydrogen (secondary N) is 1. The maximum Gasteiger partial charge on any atom is 0.218 e. The highest BCUT2D eigenvalue weighted by atomic mass is 16.5. The molecule has 0 spiro atoms. The van der Waals surface area contributed by atoms with Crippen LogP contribution in [-0.2, 0) is 0 Å². The summed E-state index contributed by atoms with van der Waals surface area (Å²) in [6.45, 7) is 3.17. The molecule has 0 aliphatic carbocycles. The van der Waals surface area contributed by atoms with Gasteiger partial charge in [-0.05, 0) is 32.6 Å². The monoisotopic (exact) mass is 262 g/mol. The van der Waals surface area contributed by atoms with Gasteiger partial charge in [0.25, 0.3) is 0 Å². The van der Waals surface area contributed by atoms with Crippen LogP contribution in [0.25, 0.3) is 0 Å². The van der Waals surface area contributed by atoms with Crippen LogP contribution in [0.1, 0.15) is 32.6 Å². The van der Waals surface area contributed by atoms with Crippen molar-refractivity contribution in [2.45, 2.75) is 50.7 Å². The summed E-state index contributed by atoms with van der Waals surface area (Å²) in [6, 6.07) is 3.92. The molecular formula is C14H22N4O. The zero-order valence-electron chi connectivity index (χ0n) is 11.7. The molecule has 5 heteroatoms. The quantitative estimate of drug-likeness (QED) is 0.893. The Balaban J connectivity index is 1.79. The molecule has 2 aliphatic heterocycles. The summed E-state index contributed by atoms with van der Waals surface area (Å²) in [5.74, 6) is 1.63. The first kappa shape index (κ1) is 12.7. The molecule has 2 bridgehead atoms. The first-order valence-electron chi connectivity index (χ1n) is 7.19. The van der Waals surface area contributed by atoms with E-state index in [1.807, 2.05) is 6.07 Å². The van der Waals surface area contributed by atoms with Gasteiger partial charge in [0.2, 0.25) is 5.88 Å². The molecule has 3 rings (SSSR count). The van der Waals surface area contributed by atoms with Crippen molar-refractivity contribution >= 4 is 5.82 Å². The number of methoxy groups -OCH3 is 1. The molecule has 1 N–H and O–H groups in total. The van der Waals surface area contributed by atoms with Crippen LogP contribution in [0.3, 0.4) is 0 Å². The van der Waals surface area contributed by atoms with Gasteiger partial charge < -0.3 is 15.0 Å². The molecule has 5 nitrogen and oxygen atoms in total. The molecule has 2 atom stereocenters. The number of fused-ring (bicyclic) bond motifs is 2. The van der Waals surface area contributed by atoms with Crippen LogP contribution in [0.5, 0.6) is 5.88 Å². The van der Waals surface area contributed by atoms with Gasteiger partial charge in [-0.1, -0.05) is 0 Å². The maximum absolute atomic E-state index is 5.20. The summed E-state index contributed by atoms with van der Waals surface area (Å²) in [7, 11) is 1.65. The van der Waals surface area contributed by atoms with Crippen molar-refractivity contribution in [2.24, 2.45) is 0 Å². The highest BCUT2D eigenvalue weighted by molar-refractivity contribution is 5.42. The molecule has 2 fully saturated rings. The second kappa shape index (κ2) is 5.33. The second-order valence-corrected chi connectivity index (χ2v) is 5.47. The molecule has 0 radical (unpaired) electrons. The van der Waals surface area contributed by atoms with Crippen LogP contribution in [-0.4, -0.2) is 41.7 Å². The standard InChI is InChI=1S/C14H22N4O/c1-3-18(13-8-14(19-2)16-9-15-13)12-6-10-4-5-11(7-12)17-10/h8-12,17H,3-7H2,1-2H3. The van der Waals surface area contributed by atoms with Gasteiger partial charge >= 0.3 is 0 Å². The Bertz CT molecular complexity index is 427. The van der Waals surface area contributed by atoms with Gasteiger partial charge in [0, 0.05) is 30.7 Å². The molecule has 104 valence electrons. The van der Waals surface area contributed by atoms with E-state index in [1.54, 1.807) is 13.4 Å². The van der Waals surface area contributed by atoms with E-state index in [9.17, 15) is 0 Å². The number of hydrogen-bond donors (Lipinski definition) is 1. The normalized spacial score (nSPS) is 29.3. The number of piperidine rings is 1. The Labute approximate surface area is 114 Å². The minimum Gasteiger partial charge on any atom is -0.481 e. The summed E-state index contributed by atoms with van der Waals surface area (Å²) in [6.07, 6.45) is 6.68. The smallest absolute Gasteiger partial charge is 0.218 e. The fourth-order valence-electron chi connectivity index (χ4n) is 3.49. The summed E-state index contributed by atoms with van der Waals surface area (Å²) in [5, 5.41) is 3.69. The molecule has 0 aromatic carbocycles. The lowest BCUT2D eigenvalue weighted by Crippen LogP contribution is -2.48. The number of aromatic nitrogens is 2. The third-order valence-corrected chi connectivity index (χ3v) is 4.36. The molecule has 0 saturated carbocycles. The van der Waals surface area contributed by atoms with Gasteiger partial charge in [-0.15, -0.1) is 0 Å². The van der Waals surface area contributed by atoms with Crippen LogP contribution in [0, 0.1) is 0 Å². The Morgan fingerprint density at radius 1 is 1.32 bits per heavy atom. The number of anilines is 1. The van der Waals surface area contributed by atoms with Crippen LogP contribution < -0.4 is 15.0 Å². The Morgan fingerprint density at radius 3 is 2.68 bits per heavy atom. The summed E-state index contributed by atoms with van der Waals surface area (Å²) in [4.78, 5) is 10.9. The zero-order chi connectivity index (χ0) is 13.2. The number of nitrogens with zero attached hydrogens (tertiary/aromatic N) is 3. The Hall–Kier alpha value is -1.36. The van der Waals surface area contributed by atoms with E-state index in [0.717, 1.165) is 12.4 Å². The third kappa shape index (κ3) is 2.52. The lowest BCUT2D eigenvalue weighted by Gasteiger charge is -2.38. The molecule has 19 heavy (non-hydrogen) atoms. The summed E-state index contributed by atoms with van der Waals surface area (Å²) >= 11 is 0. The Morgan fingerprint density at radius 2 is 2.05 bits per heavy atom. The molecule has 2 saturated heterocycles. The molecule has 3 heterocycles. The van der Waals surface area contributed by atoms with Crippen molar-refractivity contribution in [3.05, 3.63) is 12.4 Å². The average molecular weight is 262 g/mol. The van der Waals surface area contributed by atoms with Gasteiger partial charge in [0.05, 0.1) is 7.11 Å². The van der Waals surface area contributed by atoms with E-state index in [0.29, 0.717) is 24.0 Å². The fraction of sp³-hybridized carbons (Fsp3) is 0.714. The van der Waals surface area contributed by atoms with Gasteiger partial charge in [-0.25, -0.2) is 9.97 Å².